The molecule has 3 aromatic rings. The number of benzene rings is 2. The number of amides is 2. The third-order valence-electron chi connectivity index (χ3n) is 4.89. The summed E-state index contributed by atoms with van der Waals surface area (Å²) >= 11 is 4.92. The molecular weight excluding hydrogens is 448 g/mol. The van der Waals surface area contributed by atoms with Crippen LogP contribution < -0.4 is 5.32 Å². The summed E-state index contributed by atoms with van der Waals surface area (Å²) in [5.74, 6) is -0.0178. The lowest BCUT2D eigenvalue weighted by atomic mass is 10.1. The largest absolute Gasteiger partial charge is 0.347 e. The molecule has 1 aliphatic rings. The lowest BCUT2D eigenvalue weighted by Crippen LogP contribution is -2.32. The second-order valence-corrected chi connectivity index (χ2v) is 9.01. The normalized spacial score (nSPS) is 13.1. The highest BCUT2D eigenvalue weighted by Gasteiger charge is 2.33. The Morgan fingerprint density at radius 1 is 1.03 bits per heavy atom. The van der Waals surface area contributed by atoms with Crippen LogP contribution >= 0.6 is 27.3 Å². The zero-order chi connectivity index (χ0) is 20.2. The number of halogens is 1. The van der Waals surface area contributed by atoms with Crippen molar-refractivity contribution in [3.05, 3.63) is 92.1 Å². The Morgan fingerprint density at radius 2 is 1.83 bits per heavy atom. The van der Waals surface area contributed by atoms with Gasteiger partial charge >= 0.3 is 0 Å². The molecule has 2 aromatic carbocycles. The SMILES string of the molecule is O=C(NCc1ccc(C(=O)N(Cc2cccc(Br)c2)C2CC2)cc1)c1cccs1. The van der Waals surface area contributed by atoms with Gasteiger partial charge < -0.3 is 10.2 Å². The topological polar surface area (TPSA) is 49.4 Å². The van der Waals surface area contributed by atoms with Crippen molar-refractivity contribution in [2.45, 2.75) is 32.0 Å². The quantitative estimate of drug-likeness (QED) is 0.514. The van der Waals surface area contributed by atoms with Crippen molar-refractivity contribution in [1.82, 2.24) is 10.2 Å². The second kappa shape index (κ2) is 8.93. The van der Waals surface area contributed by atoms with Crippen molar-refractivity contribution in [3.8, 4) is 0 Å². The van der Waals surface area contributed by atoms with Gasteiger partial charge in [0.05, 0.1) is 4.88 Å². The maximum absolute atomic E-state index is 13.1. The predicted molar refractivity (Wildman–Crippen MR) is 119 cm³/mol. The fourth-order valence-corrected chi connectivity index (χ4v) is 4.28. The Kier molecular flexibility index (Phi) is 6.11. The Balaban J connectivity index is 1.40. The number of nitrogens with zero attached hydrogens (tertiary/aromatic N) is 1. The molecule has 1 N–H and O–H groups in total. The van der Waals surface area contributed by atoms with Gasteiger partial charge in [-0.15, -0.1) is 11.3 Å². The molecule has 1 saturated carbocycles. The molecule has 1 fully saturated rings. The van der Waals surface area contributed by atoms with Crippen molar-refractivity contribution in [2.24, 2.45) is 0 Å². The van der Waals surface area contributed by atoms with Crippen LogP contribution in [0.2, 0.25) is 0 Å². The number of thiophene rings is 1. The van der Waals surface area contributed by atoms with Crippen molar-refractivity contribution >= 4 is 39.1 Å². The molecule has 0 saturated heterocycles. The average molecular weight is 469 g/mol. The minimum atomic E-state index is -0.0749. The molecule has 4 nitrogen and oxygen atoms in total. The molecule has 1 aromatic heterocycles. The molecule has 6 heteroatoms. The number of carbonyl (C=O) groups is 2. The van der Waals surface area contributed by atoms with E-state index < -0.39 is 0 Å². The van der Waals surface area contributed by atoms with Crippen molar-refractivity contribution in [2.75, 3.05) is 0 Å². The van der Waals surface area contributed by atoms with Crippen LogP contribution in [0, 0.1) is 0 Å². The van der Waals surface area contributed by atoms with Crippen molar-refractivity contribution < 1.29 is 9.59 Å². The fourth-order valence-electron chi connectivity index (χ4n) is 3.19. The second-order valence-electron chi connectivity index (χ2n) is 7.15. The van der Waals surface area contributed by atoms with Gasteiger partial charge in [0, 0.05) is 29.2 Å². The van der Waals surface area contributed by atoms with Crippen molar-refractivity contribution in [1.29, 1.82) is 0 Å². The van der Waals surface area contributed by atoms with E-state index in [-0.39, 0.29) is 11.8 Å². The van der Waals surface area contributed by atoms with Gasteiger partial charge in [0.2, 0.25) is 0 Å². The zero-order valence-electron chi connectivity index (χ0n) is 15.8. The lowest BCUT2D eigenvalue weighted by molar-refractivity contribution is 0.0729. The summed E-state index contributed by atoms with van der Waals surface area (Å²) in [5, 5.41) is 4.79. The van der Waals surface area contributed by atoms with E-state index in [1.165, 1.54) is 11.3 Å². The smallest absolute Gasteiger partial charge is 0.261 e. The number of rotatable bonds is 7. The summed E-state index contributed by atoms with van der Waals surface area (Å²) in [4.78, 5) is 27.8. The number of nitrogens with one attached hydrogen (secondary N) is 1. The van der Waals surface area contributed by atoms with E-state index in [0.717, 1.165) is 28.4 Å². The van der Waals surface area contributed by atoms with Crippen LogP contribution in [0.1, 0.15) is 44.0 Å². The van der Waals surface area contributed by atoms with Gasteiger partial charge in [0.25, 0.3) is 11.8 Å². The average Bonchev–Trinajstić information content (AvgIpc) is 3.42. The summed E-state index contributed by atoms with van der Waals surface area (Å²) in [6, 6.07) is 19.6. The minimum absolute atomic E-state index is 0.0571. The zero-order valence-corrected chi connectivity index (χ0v) is 18.2. The molecule has 1 aliphatic carbocycles. The Labute approximate surface area is 182 Å². The van der Waals surface area contributed by atoms with Crippen LogP contribution in [0.15, 0.2) is 70.5 Å². The first kappa shape index (κ1) is 19.9. The Morgan fingerprint density at radius 3 is 2.48 bits per heavy atom. The molecule has 2 amide bonds. The summed E-state index contributed by atoms with van der Waals surface area (Å²) in [6.45, 7) is 1.05. The molecule has 0 radical (unpaired) electrons. The molecule has 148 valence electrons. The summed E-state index contributed by atoms with van der Waals surface area (Å²) in [5.41, 5.74) is 2.77. The predicted octanol–water partition coefficient (Wildman–Crippen LogP) is 5.25. The van der Waals surface area contributed by atoms with Crippen LogP contribution in [0.25, 0.3) is 0 Å². The molecule has 1 heterocycles. The first-order chi connectivity index (χ1) is 14.1. The van der Waals surface area contributed by atoms with E-state index >= 15 is 0 Å². The third kappa shape index (κ3) is 5.14. The van der Waals surface area contributed by atoms with Gasteiger partial charge in [0.1, 0.15) is 0 Å². The molecule has 0 aliphatic heterocycles. The molecule has 0 bridgehead atoms. The van der Waals surface area contributed by atoms with Gasteiger partial charge in [0.15, 0.2) is 0 Å². The highest BCUT2D eigenvalue weighted by Crippen LogP contribution is 2.30. The molecule has 4 rings (SSSR count). The first-order valence-electron chi connectivity index (χ1n) is 9.56. The first-order valence-corrected chi connectivity index (χ1v) is 11.2. The van der Waals surface area contributed by atoms with E-state index in [4.69, 9.17) is 0 Å². The van der Waals surface area contributed by atoms with Gasteiger partial charge in [-0.1, -0.05) is 46.3 Å². The maximum atomic E-state index is 13.1. The number of carbonyl (C=O) groups excluding carboxylic acids is 2. The molecule has 0 spiro atoms. The van der Waals surface area contributed by atoms with Gasteiger partial charge in [-0.3, -0.25) is 9.59 Å². The Bertz CT molecular complexity index is 998. The van der Waals surface area contributed by atoms with Gasteiger partial charge in [-0.05, 0) is 59.7 Å². The molecular formula is C23H21BrN2O2S. The van der Waals surface area contributed by atoms with E-state index in [1.54, 1.807) is 6.07 Å². The van der Waals surface area contributed by atoms with Crippen LogP contribution in [-0.2, 0) is 13.1 Å². The molecule has 0 unspecified atom stereocenters. The third-order valence-corrected chi connectivity index (χ3v) is 6.25. The molecule has 29 heavy (non-hydrogen) atoms. The lowest BCUT2D eigenvalue weighted by Gasteiger charge is -2.23. The Hall–Kier alpha value is -2.44. The van der Waals surface area contributed by atoms with Crippen molar-refractivity contribution in [3.63, 3.8) is 0 Å². The highest BCUT2D eigenvalue weighted by atomic mass is 79.9. The minimum Gasteiger partial charge on any atom is -0.347 e. The monoisotopic (exact) mass is 468 g/mol. The van der Waals surface area contributed by atoms with Crippen LogP contribution in [0.5, 0.6) is 0 Å². The van der Waals surface area contributed by atoms with E-state index in [9.17, 15) is 9.59 Å². The van der Waals surface area contributed by atoms with Crippen LogP contribution in [0.3, 0.4) is 0 Å². The van der Waals surface area contributed by atoms with E-state index in [2.05, 4.69) is 27.3 Å². The van der Waals surface area contributed by atoms with Gasteiger partial charge in [-0.2, -0.15) is 0 Å². The maximum Gasteiger partial charge on any atom is 0.261 e. The fraction of sp³-hybridized carbons (Fsp3) is 0.217. The summed E-state index contributed by atoms with van der Waals surface area (Å²) in [7, 11) is 0. The number of hydrogen-bond acceptors (Lipinski definition) is 3. The standard InChI is InChI=1S/C23H21BrN2O2S/c24-19-4-1-3-17(13-19)15-26(20-10-11-20)23(28)18-8-6-16(7-9-18)14-25-22(27)21-5-2-12-29-21/h1-9,12-13,20H,10-11,14-15H2,(H,25,27). The molecule has 0 atom stereocenters. The summed E-state index contributed by atoms with van der Waals surface area (Å²) < 4.78 is 1.02. The number of hydrogen-bond donors (Lipinski definition) is 1. The van der Waals surface area contributed by atoms with Crippen LogP contribution in [0.4, 0.5) is 0 Å². The van der Waals surface area contributed by atoms with E-state index in [1.807, 2.05) is 58.8 Å². The highest BCUT2D eigenvalue weighted by molar-refractivity contribution is 9.10. The van der Waals surface area contributed by atoms with E-state index in [0.29, 0.717) is 29.6 Å². The van der Waals surface area contributed by atoms with Gasteiger partial charge in [-0.25, -0.2) is 0 Å². The van der Waals surface area contributed by atoms with Crippen LogP contribution in [-0.4, -0.2) is 22.8 Å². The summed E-state index contributed by atoms with van der Waals surface area (Å²) in [6.07, 6.45) is 2.12.